The van der Waals surface area contributed by atoms with Gasteiger partial charge >= 0.3 is 0 Å². The Kier molecular flexibility index (Phi) is 6.75. The maximum Gasteiger partial charge on any atom is 0.279 e. The lowest BCUT2D eigenvalue weighted by molar-refractivity contribution is 0.410. The van der Waals surface area contributed by atoms with Crippen LogP contribution in [-0.2, 0) is 10.2 Å². The summed E-state index contributed by atoms with van der Waals surface area (Å²) in [4.78, 5) is 0. The molecule has 0 aromatic carbocycles. The third-order valence-corrected chi connectivity index (χ3v) is 4.45. The summed E-state index contributed by atoms with van der Waals surface area (Å²) in [5, 5.41) is 0. The SMILES string of the molecule is CCN(CC)S(=O)(=O)NC(CCl)C(C)C. The van der Waals surface area contributed by atoms with Crippen LogP contribution in [0.25, 0.3) is 0 Å². The minimum absolute atomic E-state index is 0.188. The van der Waals surface area contributed by atoms with Crippen molar-refractivity contribution in [2.45, 2.75) is 33.7 Å². The molecular weight excluding hydrogens is 236 g/mol. The fourth-order valence-corrected chi connectivity index (χ4v) is 3.27. The zero-order valence-electron chi connectivity index (χ0n) is 9.83. The highest BCUT2D eigenvalue weighted by atomic mass is 35.5. The average Bonchev–Trinajstić information content (AvgIpc) is 2.15. The number of nitrogens with one attached hydrogen (secondary N) is 1. The zero-order valence-corrected chi connectivity index (χ0v) is 11.4. The van der Waals surface area contributed by atoms with Crippen molar-refractivity contribution in [1.29, 1.82) is 0 Å². The lowest BCUT2D eigenvalue weighted by atomic mass is 10.1. The average molecular weight is 257 g/mol. The molecule has 0 heterocycles. The molecule has 0 spiro atoms. The summed E-state index contributed by atoms with van der Waals surface area (Å²) >= 11 is 5.71. The summed E-state index contributed by atoms with van der Waals surface area (Å²) in [6.07, 6.45) is 0. The van der Waals surface area contributed by atoms with E-state index in [1.54, 1.807) is 0 Å². The van der Waals surface area contributed by atoms with Crippen LogP contribution in [0.5, 0.6) is 0 Å². The van der Waals surface area contributed by atoms with Crippen molar-refractivity contribution in [3.8, 4) is 0 Å². The molecule has 0 saturated carbocycles. The Labute approximate surface area is 98.2 Å². The summed E-state index contributed by atoms with van der Waals surface area (Å²) in [6.45, 7) is 8.45. The Morgan fingerprint density at radius 3 is 2.00 bits per heavy atom. The molecule has 0 radical (unpaired) electrons. The maximum absolute atomic E-state index is 11.8. The smallest absolute Gasteiger partial charge is 0.198 e. The second-order valence-electron chi connectivity index (χ2n) is 3.71. The fourth-order valence-electron chi connectivity index (χ4n) is 1.18. The van der Waals surface area contributed by atoms with E-state index in [1.165, 1.54) is 4.31 Å². The Morgan fingerprint density at radius 2 is 1.73 bits per heavy atom. The molecular formula is C9H21ClN2O2S. The van der Waals surface area contributed by atoms with E-state index in [2.05, 4.69) is 4.72 Å². The van der Waals surface area contributed by atoms with Crippen LogP contribution in [-0.4, -0.2) is 37.7 Å². The normalized spacial score (nSPS) is 14.9. The van der Waals surface area contributed by atoms with E-state index in [1.807, 2.05) is 27.7 Å². The number of rotatable bonds is 7. The van der Waals surface area contributed by atoms with Gasteiger partial charge < -0.3 is 0 Å². The highest BCUT2D eigenvalue weighted by Crippen LogP contribution is 2.07. The van der Waals surface area contributed by atoms with Crippen LogP contribution in [0, 0.1) is 5.92 Å². The van der Waals surface area contributed by atoms with Crippen molar-refractivity contribution in [2.75, 3.05) is 19.0 Å². The lowest BCUT2D eigenvalue weighted by Gasteiger charge is -2.25. The Bertz CT molecular complexity index is 263. The predicted octanol–water partition coefficient (Wildman–Crippen LogP) is 1.43. The van der Waals surface area contributed by atoms with E-state index in [0.29, 0.717) is 13.1 Å². The molecule has 0 aliphatic rings. The van der Waals surface area contributed by atoms with Gasteiger partial charge in [0, 0.05) is 25.0 Å². The molecule has 0 saturated heterocycles. The van der Waals surface area contributed by atoms with E-state index in [4.69, 9.17) is 11.6 Å². The van der Waals surface area contributed by atoms with Gasteiger partial charge in [0.1, 0.15) is 0 Å². The third kappa shape index (κ3) is 4.68. The lowest BCUT2D eigenvalue weighted by Crippen LogP contribution is -2.47. The quantitative estimate of drug-likeness (QED) is 0.701. The molecule has 0 aliphatic carbocycles. The summed E-state index contributed by atoms with van der Waals surface area (Å²) < 4.78 is 27.6. The summed E-state index contributed by atoms with van der Waals surface area (Å²) in [5.74, 6) is 0.478. The predicted molar refractivity (Wildman–Crippen MR) is 64.3 cm³/mol. The van der Waals surface area contributed by atoms with Gasteiger partial charge in [-0.1, -0.05) is 27.7 Å². The summed E-state index contributed by atoms with van der Waals surface area (Å²) in [6, 6.07) is -0.211. The standard InChI is InChI=1S/C9H21ClN2O2S/c1-5-12(6-2)15(13,14)11-9(7-10)8(3)4/h8-9,11H,5-7H2,1-4H3. The van der Waals surface area contributed by atoms with Gasteiger partial charge in [-0.3, -0.25) is 0 Å². The van der Waals surface area contributed by atoms with Gasteiger partial charge in [0.05, 0.1) is 0 Å². The molecule has 6 heteroatoms. The van der Waals surface area contributed by atoms with Crippen LogP contribution < -0.4 is 4.72 Å². The molecule has 0 bridgehead atoms. The highest BCUT2D eigenvalue weighted by Gasteiger charge is 2.24. The van der Waals surface area contributed by atoms with Gasteiger partial charge in [-0.2, -0.15) is 17.4 Å². The van der Waals surface area contributed by atoms with Crippen molar-refractivity contribution in [3.63, 3.8) is 0 Å². The molecule has 0 amide bonds. The molecule has 15 heavy (non-hydrogen) atoms. The number of alkyl halides is 1. The Balaban J connectivity index is 4.61. The minimum Gasteiger partial charge on any atom is -0.198 e. The summed E-state index contributed by atoms with van der Waals surface area (Å²) in [5.41, 5.74) is 0. The maximum atomic E-state index is 11.8. The van der Waals surface area contributed by atoms with E-state index in [9.17, 15) is 8.42 Å². The van der Waals surface area contributed by atoms with Crippen LogP contribution in [0.2, 0.25) is 0 Å². The highest BCUT2D eigenvalue weighted by molar-refractivity contribution is 7.87. The molecule has 0 rings (SSSR count). The topological polar surface area (TPSA) is 49.4 Å². The van der Waals surface area contributed by atoms with Crippen LogP contribution in [0.15, 0.2) is 0 Å². The van der Waals surface area contributed by atoms with Crippen molar-refractivity contribution >= 4 is 21.8 Å². The first-order chi connectivity index (χ1) is 6.88. The van der Waals surface area contributed by atoms with Crippen molar-refractivity contribution in [1.82, 2.24) is 9.03 Å². The van der Waals surface area contributed by atoms with Crippen molar-refractivity contribution in [3.05, 3.63) is 0 Å². The van der Waals surface area contributed by atoms with Crippen molar-refractivity contribution < 1.29 is 8.42 Å². The van der Waals surface area contributed by atoms with E-state index >= 15 is 0 Å². The van der Waals surface area contributed by atoms with Crippen molar-refractivity contribution in [2.24, 2.45) is 5.92 Å². The molecule has 0 aromatic rings. The summed E-state index contributed by atoms with van der Waals surface area (Å²) in [7, 11) is -3.38. The van der Waals surface area contributed by atoms with Crippen LogP contribution in [0.1, 0.15) is 27.7 Å². The van der Waals surface area contributed by atoms with Gasteiger partial charge in [0.25, 0.3) is 10.2 Å². The molecule has 4 nitrogen and oxygen atoms in total. The second-order valence-corrected chi connectivity index (χ2v) is 5.72. The number of hydrogen-bond donors (Lipinski definition) is 1. The van der Waals surface area contributed by atoms with Gasteiger partial charge in [-0.05, 0) is 5.92 Å². The van der Waals surface area contributed by atoms with Gasteiger partial charge in [-0.15, -0.1) is 11.6 Å². The number of nitrogens with zero attached hydrogens (tertiary/aromatic N) is 1. The fraction of sp³-hybridized carbons (Fsp3) is 1.00. The van der Waals surface area contributed by atoms with Crippen LogP contribution in [0.4, 0.5) is 0 Å². The number of halogens is 1. The minimum atomic E-state index is -3.38. The molecule has 1 N–H and O–H groups in total. The molecule has 92 valence electrons. The first-order valence-corrected chi connectivity index (χ1v) is 7.19. The molecule has 0 aliphatic heterocycles. The molecule has 0 fully saturated rings. The molecule has 1 atom stereocenters. The third-order valence-electron chi connectivity index (χ3n) is 2.32. The zero-order chi connectivity index (χ0) is 12.1. The van der Waals surface area contributed by atoms with Gasteiger partial charge in [0.2, 0.25) is 0 Å². The first kappa shape index (κ1) is 15.2. The van der Waals surface area contributed by atoms with Crippen LogP contribution >= 0.6 is 11.6 Å². The first-order valence-electron chi connectivity index (χ1n) is 5.22. The molecule has 1 unspecified atom stereocenters. The van der Waals surface area contributed by atoms with E-state index < -0.39 is 10.2 Å². The van der Waals surface area contributed by atoms with Gasteiger partial charge in [0.15, 0.2) is 0 Å². The second kappa shape index (κ2) is 6.68. The monoisotopic (exact) mass is 256 g/mol. The number of hydrogen-bond acceptors (Lipinski definition) is 2. The van der Waals surface area contributed by atoms with E-state index in [0.717, 1.165) is 0 Å². The van der Waals surface area contributed by atoms with E-state index in [-0.39, 0.29) is 17.8 Å². The van der Waals surface area contributed by atoms with Gasteiger partial charge in [-0.25, -0.2) is 0 Å². The largest absolute Gasteiger partial charge is 0.279 e. The van der Waals surface area contributed by atoms with Crippen LogP contribution in [0.3, 0.4) is 0 Å². The Morgan fingerprint density at radius 1 is 1.27 bits per heavy atom. The molecule has 0 aromatic heterocycles. The Hall–Kier alpha value is 0.160.